The molecule has 0 aliphatic heterocycles. The minimum Gasteiger partial charge on any atom is -0.497 e. The number of methoxy groups -OCH3 is 1. The molecule has 8 heteroatoms. The molecular weight excluding hydrogens is 374 g/mol. The van der Waals surface area contributed by atoms with Crippen molar-refractivity contribution in [1.29, 1.82) is 0 Å². The van der Waals surface area contributed by atoms with Crippen LogP contribution in [-0.4, -0.2) is 46.7 Å². The van der Waals surface area contributed by atoms with Crippen molar-refractivity contribution in [3.63, 3.8) is 0 Å². The van der Waals surface area contributed by atoms with Gasteiger partial charge in [0, 0.05) is 18.0 Å². The number of nitrogens with one attached hydrogen (secondary N) is 2. The Bertz CT molecular complexity index is 916. The third kappa shape index (κ3) is 4.88. The van der Waals surface area contributed by atoms with E-state index < -0.39 is 29.9 Å². The number of ether oxygens (including phenoxy) is 1. The predicted molar refractivity (Wildman–Crippen MR) is 110 cm³/mol. The molecule has 0 bridgehead atoms. The summed E-state index contributed by atoms with van der Waals surface area (Å²) in [6, 6.07) is 5.35. The average Bonchev–Trinajstić information content (AvgIpc) is 2.98. The van der Waals surface area contributed by atoms with Crippen LogP contribution in [0.1, 0.15) is 38.2 Å². The molecule has 2 rings (SSSR count). The maximum Gasteiger partial charge on any atom is 0.326 e. The fourth-order valence-corrected chi connectivity index (χ4v) is 3.18. The molecule has 1 heterocycles. The molecule has 158 valence electrons. The first-order valence-electron chi connectivity index (χ1n) is 9.54. The monoisotopic (exact) mass is 403 g/mol. The van der Waals surface area contributed by atoms with Gasteiger partial charge in [-0.05, 0) is 36.1 Å². The second-order valence-corrected chi connectivity index (χ2v) is 7.78. The van der Waals surface area contributed by atoms with Gasteiger partial charge in [0.2, 0.25) is 5.91 Å². The van der Waals surface area contributed by atoms with E-state index in [9.17, 15) is 19.5 Å². The number of hydrogen-bond donors (Lipinski definition) is 3. The molecule has 29 heavy (non-hydrogen) atoms. The lowest BCUT2D eigenvalue weighted by atomic mass is 10.00. The van der Waals surface area contributed by atoms with Gasteiger partial charge < -0.3 is 25.0 Å². The lowest BCUT2D eigenvalue weighted by molar-refractivity contribution is -0.143. The molecule has 2 atom stereocenters. The molecule has 0 aliphatic rings. The summed E-state index contributed by atoms with van der Waals surface area (Å²) < 4.78 is 6.97. The van der Waals surface area contributed by atoms with Gasteiger partial charge in [0.25, 0.3) is 5.91 Å². The fraction of sp³-hybridized carbons (Fsp3) is 0.476. The predicted octanol–water partition coefficient (Wildman–Crippen LogP) is 2.17. The summed E-state index contributed by atoms with van der Waals surface area (Å²) in [4.78, 5) is 37.0. The van der Waals surface area contributed by atoms with Crippen molar-refractivity contribution < 1.29 is 24.2 Å². The van der Waals surface area contributed by atoms with E-state index in [-0.39, 0.29) is 11.8 Å². The second kappa shape index (κ2) is 8.98. The maximum absolute atomic E-state index is 12.9. The van der Waals surface area contributed by atoms with Gasteiger partial charge >= 0.3 is 5.97 Å². The molecule has 2 aromatic rings. The Morgan fingerprint density at radius 1 is 1.00 bits per heavy atom. The summed E-state index contributed by atoms with van der Waals surface area (Å²) in [6.45, 7) is 7.02. The van der Waals surface area contributed by atoms with Gasteiger partial charge in [0.05, 0.1) is 7.11 Å². The van der Waals surface area contributed by atoms with Gasteiger partial charge in [-0.25, -0.2) is 4.79 Å². The molecule has 0 radical (unpaired) electrons. The number of carboxylic acids is 1. The molecule has 0 fully saturated rings. The number of benzene rings is 1. The number of amides is 2. The Morgan fingerprint density at radius 2 is 1.62 bits per heavy atom. The van der Waals surface area contributed by atoms with E-state index in [1.165, 1.54) is 0 Å². The Labute approximate surface area is 170 Å². The van der Waals surface area contributed by atoms with Crippen molar-refractivity contribution in [2.75, 3.05) is 7.11 Å². The van der Waals surface area contributed by atoms with Crippen LogP contribution in [0.3, 0.4) is 0 Å². The van der Waals surface area contributed by atoms with Crippen molar-refractivity contribution in [1.82, 2.24) is 15.2 Å². The standard InChI is InChI=1S/C21H29N3O5/c1-11(2)17(20(26)23-18(12(3)4)21(27)28)22-19(25)16-10-13-9-14(29-6)7-8-15(13)24(16)5/h7-12,17-18H,1-6H3,(H,22,25)(H,23,26)(H,27,28)/t17-,18-/m0/s1. The zero-order valence-corrected chi connectivity index (χ0v) is 17.6. The van der Waals surface area contributed by atoms with E-state index in [2.05, 4.69) is 10.6 Å². The highest BCUT2D eigenvalue weighted by atomic mass is 16.5. The zero-order valence-electron chi connectivity index (χ0n) is 17.6. The smallest absolute Gasteiger partial charge is 0.326 e. The molecule has 0 spiro atoms. The number of carboxylic acid groups (broad SMARTS) is 1. The molecule has 1 aromatic heterocycles. The number of hydrogen-bond acceptors (Lipinski definition) is 4. The summed E-state index contributed by atoms with van der Waals surface area (Å²) >= 11 is 0. The van der Waals surface area contributed by atoms with E-state index in [1.54, 1.807) is 52.5 Å². The Kier molecular flexibility index (Phi) is 6.89. The summed E-state index contributed by atoms with van der Waals surface area (Å²) in [5, 5.41) is 15.4. The topological polar surface area (TPSA) is 110 Å². The van der Waals surface area contributed by atoms with Gasteiger partial charge in [-0.3, -0.25) is 9.59 Å². The van der Waals surface area contributed by atoms with Crippen LogP contribution in [-0.2, 0) is 16.6 Å². The quantitative estimate of drug-likeness (QED) is 0.626. The molecule has 0 saturated carbocycles. The van der Waals surface area contributed by atoms with E-state index in [4.69, 9.17) is 4.74 Å². The van der Waals surface area contributed by atoms with Crippen LogP contribution in [0, 0.1) is 11.8 Å². The number of aromatic nitrogens is 1. The third-order valence-corrected chi connectivity index (χ3v) is 4.95. The number of fused-ring (bicyclic) bond motifs is 1. The first kappa shape index (κ1) is 22.3. The van der Waals surface area contributed by atoms with Crippen LogP contribution >= 0.6 is 0 Å². The summed E-state index contributed by atoms with van der Waals surface area (Å²) in [5.74, 6) is -1.86. The van der Waals surface area contributed by atoms with Crippen LogP contribution in [0.25, 0.3) is 10.9 Å². The molecule has 1 aromatic carbocycles. The van der Waals surface area contributed by atoms with Crippen molar-refractivity contribution >= 4 is 28.7 Å². The van der Waals surface area contributed by atoms with Crippen molar-refractivity contribution in [2.45, 2.75) is 39.8 Å². The highest BCUT2D eigenvalue weighted by molar-refractivity contribution is 6.01. The number of aryl methyl sites for hydroxylation is 1. The van der Waals surface area contributed by atoms with Gasteiger partial charge in [-0.1, -0.05) is 27.7 Å². The van der Waals surface area contributed by atoms with Gasteiger partial charge in [-0.2, -0.15) is 0 Å². The molecule has 2 amide bonds. The molecule has 0 aliphatic carbocycles. The summed E-state index contributed by atoms with van der Waals surface area (Å²) in [5.41, 5.74) is 1.25. The minimum absolute atomic E-state index is 0.227. The fourth-order valence-electron chi connectivity index (χ4n) is 3.18. The number of carbonyl (C=O) groups is 3. The first-order valence-corrected chi connectivity index (χ1v) is 9.54. The number of carbonyl (C=O) groups excluding carboxylic acids is 2. The van der Waals surface area contributed by atoms with Crippen molar-refractivity contribution in [2.24, 2.45) is 18.9 Å². The zero-order chi connectivity index (χ0) is 21.9. The molecule has 8 nitrogen and oxygen atoms in total. The van der Waals surface area contributed by atoms with E-state index in [0.717, 1.165) is 10.9 Å². The molecular formula is C21H29N3O5. The highest BCUT2D eigenvalue weighted by Crippen LogP contribution is 2.24. The highest BCUT2D eigenvalue weighted by Gasteiger charge is 2.31. The number of aliphatic carboxylic acids is 1. The second-order valence-electron chi connectivity index (χ2n) is 7.78. The van der Waals surface area contributed by atoms with Gasteiger partial charge in [0.1, 0.15) is 23.5 Å². The first-order chi connectivity index (χ1) is 13.6. The summed E-state index contributed by atoms with van der Waals surface area (Å²) in [7, 11) is 3.35. The van der Waals surface area contributed by atoms with Crippen LogP contribution in [0.5, 0.6) is 5.75 Å². The normalized spacial score (nSPS) is 13.4. The third-order valence-electron chi connectivity index (χ3n) is 4.95. The maximum atomic E-state index is 12.9. The Balaban J connectivity index is 2.25. The number of nitrogens with zero attached hydrogens (tertiary/aromatic N) is 1. The lowest BCUT2D eigenvalue weighted by Crippen LogP contribution is -2.55. The van der Waals surface area contributed by atoms with Crippen LogP contribution in [0.4, 0.5) is 0 Å². The van der Waals surface area contributed by atoms with Crippen LogP contribution < -0.4 is 15.4 Å². The van der Waals surface area contributed by atoms with E-state index in [0.29, 0.717) is 11.4 Å². The van der Waals surface area contributed by atoms with Crippen molar-refractivity contribution in [3.8, 4) is 5.75 Å². The Hall–Kier alpha value is -3.03. The Morgan fingerprint density at radius 3 is 2.14 bits per heavy atom. The SMILES string of the molecule is COc1ccc2c(c1)cc(C(=O)N[C@H](C(=O)N[C@H](C(=O)O)C(C)C)C(C)C)n2C. The lowest BCUT2D eigenvalue weighted by Gasteiger charge is -2.25. The van der Waals surface area contributed by atoms with Gasteiger partial charge in [-0.15, -0.1) is 0 Å². The van der Waals surface area contributed by atoms with Crippen LogP contribution in [0.15, 0.2) is 24.3 Å². The molecule has 0 unspecified atom stereocenters. The van der Waals surface area contributed by atoms with E-state index in [1.807, 2.05) is 18.2 Å². The number of rotatable bonds is 8. The summed E-state index contributed by atoms with van der Waals surface area (Å²) in [6.07, 6.45) is 0. The minimum atomic E-state index is -1.11. The van der Waals surface area contributed by atoms with Crippen molar-refractivity contribution in [3.05, 3.63) is 30.0 Å². The van der Waals surface area contributed by atoms with Gasteiger partial charge in [0.15, 0.2) is 0 Å². The van der Waals surface area contributed by atoms with E-state index >= 15 is 0 Å². The average molecular weight is 403 g/mol. The molecule has 3 N–H and O–H groups in total. The largest absolute Gasteiger partial charge is 0.497 e. The molecule has 0 saturated heterocycles. The van der Waals surface area contributed by atoms with Crippen LogP contribution in [0.2, 0.25) is 0 Å².